The lowest BCUT2D eigenvalue weighted by atomic mass is 10.1. The predicted molar refractivity (Wildman–Crippen MR) is 65.8 cm³/mol. The monoisotopic (exact) mass is 232 g/mol. The van der Waals surface area contributed by atoms with E-state index in [1.165, 1.54) is 0 Å². The SMILES string of the molecule is Cc1ccc(C#N)c(NCCC(C)C(=O)O)c1. The minimum Gasteiger partial charge on any atom is -0.481 e. The highest BCUT2D eigenvalue weighted by Gasteiger charge is 2.10. The van der Waals surface area contributed by atoms with Crippen LogP contribution in [0.25, 0.3) is 0 Å². The number of carbonyl (C=O) groups is 1. The molecule has 0 heterocycles. The summed E-state index contributed by atoms with van der Waals surface area (Å²) >= 11 is 0. The quantitative estimate of drug-likeness (QED) is 0.817. The number of hydrogen-bond donors (Lipinski definition) is 2. The number of anilines is 1. The molecule has 0 amide bonds. The average molecular weight is 232 g/mol. The molecule has 1 atom stereocenters. The Balaban J connectivity index is 2.60. The van der Waals surface area contributed by atoms with E-state index in [0.717, 1.165) is 11.3 Å². The Morgan fingerprint density at radius 2 is 2.29 bits per heavy atom. The third-order valence-corrected chi connectivity index (χ3v) is 2.61. The van der Waals surface area contributed by atoms with E-state index in [-0.39, 0.29) is 5.92 Å². The van der Waals surface area contributed by atoms with E-state index in [2.05, 4.69) is 11.4 Å². The molecular formula is C13H16N2O2. The maximum atomic E-state index is 10.6. The van der Waals surface area contributed by atoms with Crippen LogP contribution in [0.4, 0.5) is 5.69 Å². The zero-order valence-electron chi connectivity index (χ0n) is 10.0. The van der Waals surface area contributed by atoms with E-state index in [1.807, 2.05) is 19.1 Å². The minimum absolute atomic E-state index is 0.377. The molecule has 4 nitrogen and oxygen atoms in total. The van der Waals surface area contributed by atoms with E-state index >= 15 is 0 Å². The molecule has 17 heavy (non-hydrogen) atoms. The highest BCUT2D eigenvalue weighted by atomic mass is 16.4. The fraction of sp³-hybridized carbons (Fsp3) is 0.385. The Morgan fingerprint density at radius 1 is 1.59 bits per heavy atom. The first kappa shape index (κ1) is 13.0. The maximum Gasteiger partial charge on any atom is 0.306 e. The van der Waals surface area contributed by atoms with Gasteiger partial charge in [0, 0.05) is 6.54 Å². The average Bonchev–Trinajstić information content (AvgIpc) is 2.29. The minimum atomic E-state index is -0.795. The molecule has 0 aliphatic carbocycles. The van der Waals surface area contributed by atoms with Gasteiger partial charge in [-0.25, -0.2) is 0 Å². The van der Waals surface area contributed by atoms with Crippen molar-refractivity contribution >= 4 is 11.7 Å². The van der Waals surface area contributed by atoms with Crippen molar-refractivity contribution in [3.05, 3.63) is 29.3 Å². The molecule has 0 saturated carbocycles. The van der Waals surface area contributed by atoms with Crippen molar-refractivity contribution in [1.29, 1.82) is 5.26 Å². The number of carboxylic acids is 1. The molecule has 0 saturated heterocycles. The van der Waals surface area contributed by atoms with E-state index in [9.17, 15) is 4.79 Å². The molecule has 0 aliphatic heterocycles. The fourth-order valence-corrected chi connectivity index (χ4v) is 1.45. The molecule has 1 aromatic carbocycles. The van der Waals surface area contributed by atoms with Crippen molar-refractivity contribution in [1.82, 2.24) is 0 Å². The first-order valence-electron chi connectivity index (χ1n) is 5.52. The highest BCUT2D eigenvalue weighted by Crippen LogP contribution is 2.17. The van der Waals surface area contributed by atoms with Gasteiger partial charge in [-0.05, 0) is 31.0 Å². The largest absolute Gasteiger partial charge is 0.481 e. The Labute approximate surface area is 101 Å². The van der Waals surface area contributed by atoms with Gasteiger partial charge in [-0.2, -0.15) is 5.26 Å². The summed E-state index contributed by atoms with van der Waals surface area (Å²) in [5, 5.41) is 20.8. The van der Waals surface area contributed by atoms with Crippen LogP contribution >= 0.6 is 0 Å². The van der Waals surface area contributed by atoms with Crippen LogP contribution in [0.2, 0.25) is 0 Å². The van der Waals surface area contributed by atoms with Gasteiger partial charge in [-0.15, -0.1) is 0 Å². The molecular weight excluding hydrogens is 216 g/mol. The lowest BCUT2D eigenvalue weighted by molar-refractivity contribution is -0.141. The van der Waals surface area contributed by atoms with Crippen molar-refractivity contribution in [2.24, 2.45) is 5.92 Å². The molecule has 0 bridgehead atoms. The number of hydrogen-bond acceptors (Lipinski definition) is 3. The normalized spacial score (nSPS) is 11.6. The number of aryl methyl sites for hydroxylation is 1. The first-order chi connectivity index (χ1) is 8.04. The summed E-state index contributed by atoms with van der Waals surface area (Å²) in [6.45, 7) is 4.17. The predicted octanol–water partition coefficient (Wildman–Crippen LogP) is 2.39. The maximum absolute atomic E-state index is 10.6. The summed E-state index contributed by atoms with van der Waals surface area (Å²) < 4.78 is 0. The van der Waals surface area contributed by atoms with Crippen LogP contribution in [0.1, 0.15) is 24.5 Å². The third kappa shape index (κ3) is 3.80. The van der Waals surface area contributed by atoms with Gasteiger partial charge in [0.05, 0.1) is 17.2 Å². The van der Waals surface area contributed by atoms with Crippen LogP contribution in [0, 0.1) is 24.2 Å². The molecule has 1 unspecified atom stereocenters. The number of benzene rings is 1. The molecule has 4 heteroatoms. The number of aliphatic carboxylic acids is 1. The Hall–Kier alpha value is -2.02. The smallest absolute Gasteiger partial charge is 0.306 e. The van der Waals surface area contributed by atoms with Crippen molar-refractivity contribution < 1.29 is 9.90 Å². The van der Waals surface area contributed by atoms with Gasteiger partial charge in [-0.3, -0.25) is 4.79 Å². The van der Waals surface area contributed by atoms with Crippen molar-refractivity contribution in [3.63, 3.8) is 0 Å². The first-order valence-corrected chi connectivity index (χ1v) is 5.52. The molecule has 0 fully saturated rings. The van der Waals surface area contributed by atoms with Gasteiger partial charge in [0.15, 0.2) is 0 Å². The van der Waals surface area contributed by atoms with Crippen molar-refractivity contribution in [2.45, 2.75) is 20.3 Å². The summed E-state index contributed by atoms with van der Waals surface area (Å²) in [5.41, 5.74) is 2.42. The topological polar surface area (TPSA) is 73.1 Å². The Bertz CT molecular complexity index is 449. The van der Waals surface area contributed by atoms with Gasteiger partial charge in [0.1, 0.15) is 6.07 Å². The third-order valence-electron chi connectivity index (χ3n) is 2.61. The van der Waals surface area contributed by atoms with Gasteiger partial charge in [-0.1, -0.05) is 13.0 Å². The number of rotatable bonds is 5. The van der Waals surface area contributed by atoms with E-state index in [0.29, 0.717) is 18.5 Å². The van der Waals surface area contributed by atoms with E-state index in [4.69, 9.17) is 10.4 Å². The molecule has 0 aromatic heterocycles. The molecule has 0 spiro atoms. The van der Waals surface area contributed by atoms with Crippen molar-refractivity contribution in [2.75, 3.05) is 11.9 Å². The van der Waals surface area contributed by atoms with Crippen LogP contribution < -0.4 is 5.32 Å². The summed E-state index contributed by atoms with van der Waals surface area (Å²) in [7, 11) is 0. The van der Waals surface area contributed by atoms with Gasteiger partial charge >= 0.3 is 5.97 Å². The second-order valence-electron chi connectivity index (χ2n) is 4.12. The zero-order valence-corrected chi connectivity index (χ0v) is 10.0. The number of carboxylic acid groups (broad SMARTS) is 1. The second kappa shape index (κ2) is 5.90. The fourth-order valence-electron chi connectivity index (χ4n) is 1.45. The van der Waals surface area contributed by atoms with Gasteiger partial charge in [0.25, 0.3) is 0 Å². The van der Waals surface area contributed by atoms with Gasteiger partial charge in [0.2, 0.25) is 0 Å². The van der Waals surface area contributed by atoms with Gasteiger partial charge < -0.3 is 10.4 Å². The molecule has 90 valence electrons. The second-order valence-corrected chi connectivity index (χ2v) is 4.12. The van der Waals surface area contributed by atoms with E-state index in [1.54, 1.807) is 13.0 Å². The van der Waals surface area contributed by atoms with E-state index < -0.39 is 5.97 Å². The zero-order chi connectivity index (χ0) is 12.8. The van der Waals surface area contributed by atoms with Crippen molar-refractivity contribution in [3.8, 4) is 6.07 Å². The lowest BCUT2D eigenvalue weighted by Crippen LogP contribution is -2.14. The standard InChI is InChI=1S/C13H16N2O2/c1-9-3-4-11(8-14)12(7-9)15-6-5-10(2)13(16)17/h3-4,7,10,15H,5-6H2,1-2H3,(H,16,17). The Morgan fingerprint density at radius 3 is 2.88 bits per heavy atom. The summed E-state index contributed by atoms with van der Waals surface area (Å²) in [6.07, 6.45) is 0.536. The summed E-state index contributed by atoms with van der Waals surface area (Å²) in [5.74, 6) is -1.17. The summed E-state index contributed by atoms with van der Waals surface area (Å²) in [6, 6.07) is 7.64. The van der Waals surface area contributed by atoms with Crippen LogP contribution in [0.5, 0.6) is 0 Å². The molecule has 2 N–H and O–H groups in total. The van der Waals surface area contributed by atoms with Crippen LogP contribution in [0.15, 0.2) is 18.2 Å². The number of nitriles is 1. The Kier molecular flexibility index (Phi) is 4.53. The van der Waals surface area contributed by atoms with Crippen LogP contribution in [0.3, 0.4) is 0 Å². The molecule has 0 aliphatic rings. The molecule has 1 rings (SSSR count). The lowest BCUT2D eigenvalue weighted by Gasteiger charge is -2.10. The highest BCUT2D eigenvalue weighted by molar-refractivity contribution is 5.69. The molecule has 0 radical (unpaired) electrons. The van der Waals surface area contributed by atoms with Crippen LogP contribution in [-0.4, -0.2) is 17.6 Å². The molecule has 1 aromatic rings. The van der Waals surface area contributed by atoms with Crippen LogP contribution in [-0.2, 0) is 4.79 Å². The number of nitrogens with one attached hydrogen (secondary N) is 1. The number of nitrogens with zero attached hydrogens (tertiary/aromatic N) is 1. The summed E-state index contributed by atoms with van der Waals surface area (Å²) in [4.78, 5) is 10.6.